The number of nitrogens with one attached hydrogen (secondary N) is 2. The number of amides is 1. The molecule has 7 nitrogen and oxygen atoms in total. The number of nitrogens with zero attached hydrogens (tertiary/aromatic N) is 3. The van der Waals surface area contributed by atoms with Crippen LogP contribution in [-0.4, -0.2) is 81.6 Å². The SMILES string of the molecule is CCNC(=NCCc1ccc(OC)cc1Cl)NC1CCN(CC(=O)N(C)C)CC1. The van der Waals surface area contributed by atoms with Crippen molar-refractivity contribution in [1.29, 1.82) is 0 Å². The van der Waals surface area contributed by atoms with Gasteiger partial charge in [0.1, 0.15) is 5.75 Å². The van der Waals surface area contributed by atoms with E-state index in [0.29, 0.717) is 24.2 Å². The Labute approximate surface area is 179 Å². The fraction of sp³-hybridized carbons (Fsp3) is 0.619. The number of guanidine groups is 1. The van der Waals surface area contributed by atoms with Crippen LogP contribution < -0.4 is 15.4 Å². The lowest BCUT2D eigenvalue weighted by Gasteiger charge is -2.33. The lowest BCUT2D eigenvalue weighted by Crippen LogP contribution is -2.50. The molecule has 8 heteroatoms. The van der Waals surface area contributed by atoms with Gasteiger partial charge in [0, 0.05) is 51.3 Å². The highest BCUT2D eigenvalue weighted by Gasteiger charge is 2.22. The summed E-state index contributed by atoms with van der Waals surface area (Å²) in [7, 11) is 5.23. The molecule has 0 unspecified atom stereocenters. The van der Waals surface area contributed by atoms with Gasteiger partial charge in [0.25, 0.3) is 0 Å². The maximum atomic E-state index is 11.9. The number of rotatable bonds is 8. The normalized spacial score (nSPS) is 15.8. The molecule has 2 N–H and O–H groups in total. The third-order valence-corrected chi connectivity index (χ3v) is 5.39. The average molecular weight is 424 g/mol. The highest BCUT2D eigenvalue weighted by molar-refractivity contribution is 6.31. The number of carbonyl (C=O) groups is 1. The number of likely N-dealkylation sites (tertiary alicyclic amines) is 1. The van der Waals surface area contributed by atoms with E-state index in [1.54, 1.807) is 26.1 Å². The lowest BCUT2D eigenvalue weighted by molar-refractivity contribution is -0.130. The molecule has 0 aliphatic carbocycles. The van der Waals surface area contributed by atoms with E-state index in [-0.39, 0.29) is 5.91 Å². The zero-order valence-corrected chi connectivity index (χ0v) is 18.8. The van der Waals surface area contributed by atoms with Crippen molar-refractivity contribution < 1.29 is 9.53 Å². The monoisotopic (exact) mass is 423 g/mol. The van der Waals surface area contributed by atoms with Gasteiger partial charge in [-0.3, -0.25) is 14.7 Å². The minimum atomic E-state index is 0.156. The van der Waals surface area contributed by atoms with Gasteiger partial charge in [-0.2, -0.15) is 0 Å². The molecule has 2 rings (SSSR count). The maximum absolute atomic E-state index is 11.9. The van der Waals surface area contributed by atoms with Gasteiger partial charge in [-0.25, -0.2) is 0 Å². The van der Waals surface area contributed by atoms with Gasteiger partial charge in [-0.1, -0.05) is 17.7 Å². The number of hydrogen-bond donors (Lipinski definition) is 2. The number of methoxy groups -OCH3 is 1. The summed E-state index contributed by atoms with van der Waals surface area (Å²) in [6.07, 6.45) is 2.76. The predicted octanol–water partition coefficient (Wildman–Crippen LogP) is 2.00. The molecule has 1 aliphatic heterocycles. The van der Waals surface area contributed by atoms with Crippen LogP contribution in [0, 0.1) is 0 Å². The first-order valence-electron chi connectivity index (χ1n) is 10.2. The molecule has 0 atom stereocenters. The van der Waals surface area contributed by atoms with Crippen LogP contribution in [0.1, 0.15) is 25.3 Å². The zero-order valence-electron chi connectivity index (χ0n) is 18.0. The summed E-state index contributed by atoms with van der Waals surface area (Å²) in [4.78, 5) is 20.4. The van der Waals surface area contributed by atoms with E-state index >= 15 is 0 Å². The largest absolute Gasteiger partial charge is 0.497 e. The summed E-state index contributed by atoms with van der Waals surface area (Å²) in [6, 6.07) is 6.10. The van der Waals surface area contributed by atoms with Crippen LogP contribution in [-0.2, 0) is 11.2 Å². The number of likely N-dealkylation sites (N-methyl/N-ethyl adjacent to an activating group) is 1. The highest BCUT2D eigenvalue weighted by atomic mass is 35.5. The molecule has 0 bridgehead atoms. The van der Waals surface area contributed by atoms with E-state index in [1.807, 2.05) is 18.2 Å². The average Bonchev–Trinajstić information content (AvgIpc) is 2.70. The van der Waals surface area contributed by atoms with Crippen molar-refractivity contribution in [2.24, 2.45) is 4.99 Å². The second kappa shape index (κ2) is 11.9. The molecule has 1 heterocycles. The van der Waals surface area contributed by atoms with Crippen LogP contribution in [0.15, 0.2) is 23.2 Å². The number of halogens is 1. The topological polar surface area (TPSA) is 69.2 Å². The molecule has 1 aromatic rings. The summed E-state index contributed by atoms with van der Waals surface area (Å²) in [5.74, 6) is 1.75. The van der Waals surface area contributed by atoms with Gasteiger partial charge in [-0.15, -0.1) is 0 Å². The summed E-state index contributed by atoms with van der Waals surface area (Å²) in [6.45, 7) is 5.85. The van der Waals surface area contributed by atoms with Crippen molar-refractivity contribution in [2.75, 3.05) is 53.9 Å². The van der Waals surface area contributed by atoms with Crippen LogP contribution in [0.4, 0.5) is 0 Å². The van der Waals surface area contributed by atoms with E-state index in [0.717, 1.165) is 56.2 Å². The number of hydrogen-bond acceptors (Lipinski definition) is 4. The van der Waals surface area contributed by atoms with Crippen molar-refractivity contribution in [2.45, 2.75) is 32.2 Å². The Morgan fingerprint density at radius 1 is 1.34 bits per heavy atom. The quantitative estimate of drug-likeness (QED) is 0.494. The highest BCUT2D eigenvalue weighted by Crippen LogP contribution is 2.22. The van der Waals surface area contributed by atoms with Gasteiger partial charge in [-0.05, 0) is 43.9 Å². The third-order valence-electron chi connectivity index (χ3n) is 5.04. The number of aliphatic imine (C=N–C) groups is 1. The fourth-order valence-corrected chi connectivity index (χ4v) is 3.49. The molecule has 0 radical (unpaired) electrons. The van der Waals surface area contributed by atoms with Crippen LogP contribution in [0.2, 0.25) is 5.02 Å². The molecule has 1 aliphatic rings. The van der Waals surface area contributed by atoms with E-state index in [4.69, 9.17) is 21.3 Å². The predicted molar refractivity (Wildman–Crippen MR) is 119 cm³/mol. The third kappa shape index (κ3) is 7.74. The van der Waals surface area contributed by atoms with Crippen LogP contribution in [0.3, 0.4) is 0 Å². The van der Waals surface area contributed by atoms with E-state index < -0.39 is 0 Å². The summed E-state index contributed by atoms with van der Waals surface area (Å²) < 4.78 is 5.19. The first kappa shape index (κ1) is 23.3. The fourth-order valence-electron chi connectivity index (χ4n) is 3.23. The van der Waals surface area contributed by atoms with E-state index in [1.165, 1.54) is 0 Å². The minimum absolute atomic E-state index is 0.156. The Morgan fingerprint density at radius 2 is 2.07 bits per heavy atom. The van der Waals surface area contributed by atoms with Gasteiger partial charge >= 0.3 is 0 Å². The molecule has 0 aromatic heterocycles. The van der Waals surface area contributed by atoms with Crippen molar-refractivity contribution in [3.05, 3.63) is 28.8 Å². The maximum Gasteiger partial charge on any atom is 0.236 e. The second-order valence-electron chi connectivity index (χ2n) is 7.45. The smallest absolute Gasteiger partial charge is 0.236 e. The van der Waals surface area contributed by atoms with Crippen LogP contribution in [0.5, 0.6) is 5.75 Å². The lowest BCUT2D eigenvalue weighted by atomic mass is 10.1. The van der Waals surface area contributed by atoms with Crippen LogP contribution in [0.25, 0.3) is 0 Å². The number of carbonyl (C=O) groups excluding carboxylic acids is 1. The van der Waals surface area contributed by atoms with Crippen LogP contribution >= 0.6 is 11.6 Å². The Bertz CT molecular complexity index is 688. The van der Waals surface area contributed by atoms with Gasteiger partial charge in [0.15, 0.2) is 5.96 Å². The Hall–Kier alpha value is -1.99. The molecule has 1 saturated heterocycles. The van der Waals surface area contributed by atoms with Crippen molar-refractivity contribution >= 4 is 23.5 Å². The van der Waals surface area contributed by atoms with Gasteiger partial charge in [0.05, 0.1) is 13.7 Å². The minimum Gasteiger partial charge on any atom is -0.497 e. The standard InChI is InChI=1S/C21H34ClN5O2/c1-5-23-21(24-11-8-16-6-7-18(29-4)14-19(16)22)25-17-9-12-27(13-10-17)15-20(28)26(2)3/h6-7,14,17H,5,8-13,15H2,1-4H3,(H2,23,24,25). The Morgan fingerprint density at radius 3 is 2.66 bits per heavy atom. The van der Waals surface area contributed by atoms with Crippen molar-refractivity contribution in [3.8, 4) is 5.75 Å². The summed E-state index contributed by atoms with van der Waals surface area (Å²) in [5, 5.41) is 7.56. The van der Waals surface area contributed by atoms with Crippen molar-refractivity contribution in [1.82, 2.24) is 20.4 Å². The first-order chi connectivity index (χ1) is 13.9. The molecule has 1 fully saturated rings. The molecule has 0 saturated carbocycles. The second-order valence-corrected chi connectivity index (χ2v) is 7.86. The van der Waals surface area contributed by atoms with Gasteiger partial charge < -0.3 is 20.3 Å². The molecule has 1 aromatic carbocycles. The van der Waals surface area contributed by atoms with Gasteiger partial charge in [0.2, 0.25) is 5.91 Å². The van der Waals surface area contributed by atoms with Crippen molar-refractivity contribution in [3.63, 3.8) is 0 Å². The molecular formula is C21H34ClN5O2. The number of piperidine rings is 1. The molecule has 29 heavy (non-hydrogen) atoms. The summed E-state index contributed by atoms with van der Waals surface area (Å²) in [5.41, 5.74) is 1.06. The van der Waals surface area contributed by atoms with E-state index in [2.05, 4.69) is 22.5 Å². The molecule has 1 amide bonds. The first-order valence-corrected chi connectivity index (χ1v) is 10.6. The zero-order chi connectivity index (χ0) is 21.2. The number of ether oxygens (including phenoxy) is 1. The Balaban J connectivity index is 1.83. The molecular weight excluding hydrogens is 390 g/mol. The molecule has 162 valence electrons. The Kier molecular flexibility index (Phi) is 9.54. The molecule has 0 spiro atoms. The van der Waals surface area contributed by atoms with E-state index in [9.17, 15) is 4.79 Å². The number of benzene rings is 1. The summed E-state index contributed by atoms with van der Waals surface area (Å²) >= 11 is 6.32.